The molecule has 124 valence electrons. The summed E-state index contributed by atoms with van der Waals surface area (Å²) in [6, 6.07) is 8.35. The highest BCUT2D eigenvalue weighted by Gasteiger charge is 2.23. The number of aryl methyl sites for hydroxylation is 1. The monoisotopic (exact) mass is 362 g/mol. The maximum atomic E-state index is 13.6. The van der Waals surface area contributed by atoms with Crippen LogP contribution in [-0.4, -0.2) is 4.89 Å². The first-order valence-corrected chi connectivity index (χ1v) is 8.46. The normalized spacial score (nSPS) is 13.8. The number of hydrogen-bond acceptors (Lipinski definition) is 3. The summed E-state index contributed by atoms with van der Waals surface area (Å²) in [5.74, 6) is -1.22. The molecule has 0 aromatic heterocycles. The van der Waals surface area contributed by atoms with Crippen LogP contribution in [0.1, 0.15) is 16.7 Å². The van der Waals surface area contributed by atoms with Crippen molar-refractivity contribution in [1.29, 1.82) is 0 Å². The zero-order chi connectivity index (χ0) is 17.0. The van der Waals surface area contributed by atoms with Gasteiger partial charge < -0.3 is 4.89 Å². The van der Waals surface area contributed by atoms with E-state index in [-0.39, 0.29) is 16.1 Å². The Hall–Kier alpha value is -1.30. The minimum Gasteiger partial charge on any atom is -0.302 e. The van der Waals surface area contributed by atoms with Crippen molar-refractivity contribution in [2.45, 2.75) is 20.1 Å². The highest BCUT2D eigenvalue weighted by atomic mass is 35.5. The number of benzene rings is 2. The Morgan fingerprint density at radius 3 is 2.13 bits per heavy atom. The molecule has 0 fully saturated rings. The van der Waals surface area contributed by atoms with E-state index in [0.717, 1.165) is 6.07 Å². The van der Waals surface area contributed by atoms with Crippen LogP contribution in [0.2, 0.25) is 5.02 Å². The van der Waals surface area contributed by atoms with Crippen LogP contribution in [0.15, 0.2) is 36.4 Å². The quantitative estimate of drug-likeness (QED) is 0.753. The van der Waals surface area contributed by atoms with E-state index in [0.29, 0.717) is 5.56 Å². The molecule has 0 heterocycles. The molecule has 23 heavy (non-hydrogen) atoms. The smallest absolute Gasteiger partial charge is 0.302 e. The minimum absolute atomic E-state index is 0.0610. The zero-order valence-electron chi connectivity index (χ0n) is 12.1. The first kappa shape index (κ1) is 18.0. The number of hydrogen-bond donors (Lipinski definition) is 1. The fourth-order valence-corrected chi connectivity index (χ4v) is 2.73. The first-order chi connectivity index (χ1) is 10.8. The van der Waals surface area contributed by atoms with Gasteiger partial charge in [-0.3, -0.25) is 9.05 Å². The lowest BCUT2D eigenvalue weighted by atomic mass is 10.1. The summed E-state index contributed by atoms with van der Waals surface area (Å²) in [6.45, 7) is 0.650. The third-order valence-electron chi connectivity index (χ3n) is 3.16. The molecule has 0 aliphatic carbocycles. The van der Waals surface area contributed by atoms with Gasteiger partial charge >= 0.3 is 7.82 Å². The van der Waals surface area contributed by atoms with E-state index < -0.39 is 32.7 Å². The second kappa shape index (κ2) is 7.51. The van der Waals surface area contributed by atoms with Gasteiger partial charge in [0.15, 0.2) is 0 Å². The third kappa shape index (κ3) is 4.83. The average Bonchev–Trinajstić information content (AvgIpc) is 2.46. The van der Waals surface area contributed by atoms with Gasteiger partial charge in [-0.25, -0.2) is 13.3 Å². The number of phosphoric acid groups is 1. The van der Waals surface area contributed by atoms with E-state index >= 15 is 0 Å². The van der Waals surface area contributed by atoms with E-state index in [2.05, 4.69) is 0 Å². The van der Waals surface area contributed by atoms with Gasteiger partial charge in [-0.2, -0.15) is 0 Å². The molecule has 1 atom stereocenters. The van der Waals surface area contributed by atoms with Crippen LogP contribution < -0.4 is 0 Å². The van der Waals surface area contributed by atoms with Crippen molar-refractivity contribution in [2.24, 2.45) is 0 Å². The van der Waals surface area contributed by atoms with E-state index in [1.807, 2.05) is 0 Å². The van der Waals surface area contributed by atoms with Gasteiger partial charge in [-0.1, -0.05) is 29.8 Å². The molecule has 0 aliphatic rings. The Kier molecular flexibility index (Phi) is 5.89. The fraction of sp³-hybridized carbons (Fsp3) is 0.200. The standard InChI is InChI=1S/C15H14ClF2O4P/c1-10-4-2-6-14(17)11(10)8-21-23(19,20)22-9-12-13(16)5-3-7-15(12)18/h2-7H,8-9H2,1H3,(H,19,20). The molecule has 1 unspecified atom stereocenters. The molecule has 0 amide bonds. The second-order valence-corrected chi connectivity index (χ2v) is 6.61. The molecule has 2 aromatic rings. The maximum absolute atomic E-state index is 13.6. The molecule has 0 saturated carbocycles. The van der Waals surface area contributed by atoms with Crippen molar-refractivity contribution in [3.05, 3.63) is 69.7 Å². The van der Waals surface area contributed by atoms with Crippen LogP contribution in [-0.2, 0) is 26.8 Å². The van der Waals surface area contributed by atoms with Gasteiger partial charge in [0, 0.05) is 16.1 Å². The Bertz CT molecular complexity index is 654. The molecule has 1 N–H and O–H groups in total. The third-order valence-corrected chi connectivity index (χ3v) is 4.42. The van der Waals surface area contributed by atoms with Gasteiger partial charge in [0.05, 0.1) is 13.2 Å². The Labute approximate surface area is 137 Å². The predicted octanol–water partition coefficient (Wildman–Crippen LogP) is 4.76. The summed E-state index contributed by atoms with van der Waals surface area (Å²) in [7, 11) is -4.49. The Morgan fingerprint density at radius 2 is 1.57 bits per heavy atom. The van der Waals surface area contributed by atoms with Crippen LogP contribution in [0.3, 0.4) is 0 Å². The lowest BCUT2D eigenvalue weighted by Gasteiger charge is -2.14. The van der Waals surface area contributed by atoms with Crippen LogP contribution in [0, 0.1) is 18.6 Å². The molecule has 0 radical (unpaired) electrons. The van der Waals surface area contributed by atoms with Crippen molar-refractivity contribution in [3.63, 3.8) is 0 Å². The largest absolute Gasteiger partial charge is 0.472 e. The summed E-state index contributed by atoms with van der Waals surface area (Å²) < 4.78 is 48.5. The zero-order valence-corrected chi connectivity index (χ0v) is 13.8. The lowest BCUT2D eigenvalue weighted by molar-refractivity contribution is 0.135. The molecule has 8 heteroatoms. The molecule has 0 bridgehead atoms. The van der Waals surface area contributed by atoms with E-state index in [1.165, 1.54) is 24.3 Å². The highest BCUT2D eigenvalue weighted by Crippen LogP contribution is 2.45. The first-order valence-electron chi connectivity index (χ1n) is 6.59. The second-order valence-electron chi connectivity index (χ2n) is 4.75. The molecule has 2 aromatic carbocycles. The van der Waals surface area contributed by atoms with Crippen LogP contribution in [0.5, 0.6) is 0 Å². The van der Waals surface area contributed by atoms with Crippen molar-refractivity contribution in [3.8, 4) is 0 Å². The Morgan fingerprint density at radius 1 is 1.04 bits per heavy atom. The lowest BCUT2D eigenvalue weighted by Crippen LogP contribution is -2.01. The van der Waals surface area contributed by atoms with Gasteiger partial charge in [-0.05, 0) is 30.7 Å². The minimum atomic E-state index is -4.49. The number of rotatable bonds is 6. The van der Waals surface area contributed by atoms with Crippen molar-refractivity contribution in [2.75, 3.05) is 0 Å². The van der Waals surface area contributed by atoms with Crippen LogP contribution >= 0.6 is 19.4 Å². The summed E-state index contributed by atoms with van der Waals surface area (Å²) in [5, 5.41) is 0.0648. The summed E-state index contributed by atoms with van der Waals surface area (Å²) >= 11 is 5.79. The Balaban J connectivity index is 2.01. The molecule has 0 spiro atoms. The molecular weight excluding hydrogens is 349 g/mol. The highest BCUT2D eigenvalue weighted by molar-refractivity contribution is 7.47. The van der Waals surface area contributed by atoms with Gasteiger partial charge in [-0.15, -0.1) is 0 Å². The number of halogens is 3. The fourth-order valence-electron chi connectivity index (χ4n) is 1.85. The van der Waals surface area contributed by atoms with Crippen LogP contribution in [0.25, 0.3) is 0 Å². The van der Waals surface area contributed by atoms with E-state index in [1.54, 1.807) is 13.0 Å². The molecule has 0 aliphatic heterocycles. The molecular formula is C15H14ClF2O4P. The van der Waals surface area contributed by atoms with Crippen LogP contribution in [0.4, 0.5) is 8.78 Å². The van der Waals surface area contributed by atoms with Crippen molar-refractivity contribution in [1.82, 2.24) is 0 Å². The number of phosphoric ester groups is 1. The van der Waals surface area contributed by atoms with Gasteiger partial charge in [0.1, 0.15) is 11.6 Å². The SMILES string of the molecule is Cc1cccc(F)c1COP(=O)(O)OCc1c(F)cccc1Cl. The predicted molar refractivity (Wildman–Crippen MR) is 82.0 cm³/mol. The summed E-state index contributed by atoms with van der Waals surface area (Å²) in [4.78, 5) is 9.62. The summed E-state index contributed by atoms with van der Waals surface area (Å²) in [6.07, 6.45) is 0. The average molecular weight is 363 g/mol. The van der Waals surface area contributed by atoms with E-state index in [9.17, 15) is 18.2 Å². The van der Waals surface area contributed by atoms with Gasteiger partial charge in [0.25, 0.3) is 0 Å². The molecule has 4 nitrogen and oxygen atoms in total. The molecule has 0 saturated heterocycles. The van der Waals surface area contributed by atoms with Crippen molar-refractivity contribution >= 4 is 19.4 Å². The topological polar surface area (TPSA) is 55.8 Å². The van der Waals surface area contributed by atoms with Gasteiger partial charge in [0.2, 0.25) is 0 Å². The van der Waals surface area contributed by atoms with E-state index in [4.69, 9.17) is 20.6 Å². The van der Waals surface area contributed by atoms with Crippen molar-refractivity contribution < 1.29 is 27.3 Å². The molecule has 2 rings (SSSR count). The maximum Gasteiger partial charge on any atom is 0.472 e. The summed E-state index contributed by atoms with van der Waals surface area (Å²) in [5.41, 5.74) is 0.658.